The van der Waals surface area contributed by atoms with E-state index in [9.17, 15) is 4.79 Å². The molecule has 37 heavy (non-hydrogen) atoms. The average molecular weight is 495 g/mol. The molecular weight excluding hydrogens is 468 g/mol. The molecular formula is C28H26N6O3. The van der Waals surface area contributed by atoms with Crippen LogP contribution in [0.3, 0.4) is 0 Å². The number of amides is 1. The highest BCUT2D eigenvalue weighted by Gasteiger charge is 2.30. The third-order valence-electron chi connectivity index (χ3n) is 6.59. The summed E-state index contributed by atoms with van der Waals surface area (Å²) in [6, 6.07) is 14.1. The van der Waals surface area contributed by atoms with E-state index in [4.69, 9.17) is 19.4 Å². The number of carbonyl (C=O) groups is 1. The number of carbonyl (C=O) groups excluding carboxylic acids is 1. The lowest BCUT2D eigenvalue weighted by Crippen LogP contribution is -2.11. The van der Waals surface area contributed by atoms with Crippen LogP contribution in [0.1, 0.15) is 32.9 Å². The number of anilines is 1. The predicted octanol–water partition coefficient (Wildman–Crippen LogP) is 4.73. The van der Waals surface area contributed by atoms with Crippen LogP contribution in [-0.2, 0) is 25.0 Å². The fraction of sp³-hybridized carbons (Fsp3) is 0.214. The van der Waals surface area contributed by atoms with Gasteiger partial charge in [0.15, 0.2) is 11.6 Å². The first-order valence-electron chi connectivity index (χ1n) is 12.0. The Hall–Kier alpha value is -4.50. The van der Waals surface area contributed by atoms with Gasteiger partial charge in [-0.05, 0) is 31.0 Å². The second-order valence-corrected chi connectivity index (χ2v) is 9.18. The van der Waals surface area contributed by atoms with Crippen molar-refractivity contribution in [3.63, 3.8) is 0 Å². The first-order chi connectivity index (χ1) is 17.9. The molecule has 2 aromatic carbocycles. The maximum absolute atomic E-state index is 13.3. The summed E-state index contributed by atoms with van der Waals surface area (Å²) in [5.41, 5.74) is 6.49. The standard InChI is InChI=1S/C28H26N6O3/c1-16-10-11-21(37-14-18-8-6-5-7-9-18)17(2)25(16)34-13-19-23-24(29-22(15-36-4)30-27(23)34)20-12-33(3)32-26(20)31-28(19)35/h5-13H,14-15H2,1-4H3,(H,31,32,35). The molecule has 0 fully saturated rings. The monoisotopic (exact) mass is 494 g/mol. The second kappa shape index (κ2) is 8.86. The van der Waals surface area contributed by atoms with E-state index < -0.39 is 0 Å². The molecule has 0 saturated heterocycles. The molecule has 4 heterocycles. The summed E-state index contributed by atoms with van der Waals surface area (Å²) < 4.78 is 15.2. The summed E-state index contributed by atoms with van der Waals surface area (Å²) >= 11 is 0. The highest BCUT2D eigenvalue weighted by atomic mass is 16.5. The van der Waals surface area contributed by atoms with Crippen LogP contribution >= 0.6 is 0 Å². The van der Waals surface area contributed by atoms with Crippen LogP contribution in [0, 0.1) is 13.8 Å². The summed E-state index contributed by atoms with van der Waals surface area (Å²) in [5, 5.41) is 8.04. The van der Waals surface area contributed by atoms with Gasteiger partial charge in [-0.15, -0.1) is 0 Å². The Morgan fingerprint density at radius 1 is 0.973 bits per heavy atom. The lowest BCUT2D eigenvalue weighted by atomic mass is 10.1. The van der Waals surface area contributed by atoms with E-state index in [1.54, 1.807) is 11.8 Å². The Morgan fingerprint density at radius 3 is 2.57 bits per heavy atom. The predicted molar refractivity (Wildman–Crippen MR) is 140 cm³/mol. The molecule has 0 bridgehead atoms. The number of benzene rings is 2. The van der Waals surface area contributed by atoms with Gasteiger partial charge in [0.05, 0.1) is 27.9 Å². The summed E-state index contributed by atoms with van der Waals surface area (Å²) in [4.78, 5) is 23.0. The van der Waals surface area contributed by atoms with Crippen LogP contribution in [0.4, 0.5) is 5.82 Å². The molecule has 6 rings (SSSR count). The third-order valence-corrected chi connectivity index (χ3v) is 6.59. The van der Waals surface area contributed by atoms with Gasteiger partial charge in [-0.1, -0.05) is 36.4 Å². The molecule has 1 aliphatic heterocycles. The number of aromatic nitrogens is 5. The van der Waals surface area contributed by atoms with Crippen LogP contribution in [-0.4, -0.2) is 37.3 Å². The van der Waals surface area contributed by atoms with Crippen LogP contribution in [0.25, 0.3) is 28.0 Å². The van der Waals surface area contributed by atoms with E-state index in [1.165, 1.54) is 0 Å². The summed E-state index contributed by atoms with van der Waals surface area (Å²) in [6.07, 6.45) is 3.69. The SMILES string of the molecule is COCc1nc2c3c(cn(-c4c(C)ccc(OCc5ccccc5)c4C)c3n1)C(=O)Nc1nn(C)cc1-2. The molecule has 3 aromatic heterocycles. The second-order valence-electron chi connectivity index (χ2n) is 9.18. The molecule has 5 aromatic rings. The highest BCUT2D eigenvalue weighted by Crippen LogP contribution is 2.39. The minimum absolute atomic E-state index is 0.235. The molecule has 0 saturated carbocycles. The van der Waals surface area contributed by atoms with Crippen molar-refractivity contribution in [2.24, 2.45) is 7.05 Å². The van der Waals surface area contributed by atoms with Crippen molar-refractivity contribution in [3.8, 4) is 22.7 Å². The molecule has 0 atom stereocenters. The van der Waals surface area contributed by atoms with E-state index in [1.807, 2.05) is 80.3 Å². The lowest BCUT2D eigenvalue weighted by molar-refractivity contribution is 0.102. The van der Waals surface area contributed by atoms with Gasteiger partial charge in [0.1, 0.15) is 24.6 Å². The molecule has 9 nitrogen and oxygen atoms in total. The number of nitrogens with zero attached hydrogens (tertiary/aromatic N) is 5. The van der Waals surface area contributed by atoms with Crippen LogP contribution in [0.15, 0.2) is 54.9 Å². The molecule has 1 aliphatic rings. The maximum atomic E-state index is 13.3. The van der Waals surface area contributed by atoms with Gasteiger partial charge in [-0.2, -0.15) is 5.10 Å². The normalized spacial score (nSPS) is 12.4. The van der Waals surface area contributed by atoms with Gasteiger partial charge in [-0.3, -0.25) is 14.0 Å². The molecule has 186 valence electrons. The minimum Gasteiger partial charge on any atom is -0.489 e. The average Bonchev–Trinajstić information content (AvgIpc) is 3.41. The van der Waals surface area contributed by atoms with Gasteiger partial charge in [0.2, 0.25) is 0 Å². The van der Waals surface area contributed by atoms with E-state index >= 15 is 0 Å². The van der Waals surface area contributed by atoms with Crippen LogP contribution in [0.2, 0.25) is 0 Å². The fourth-order valence-electron chi connectivity index (χ4n) is 4.91. The first kappa shape index (κ1) is 22.9. The van der Waals surface area contributed by atoms with Gasteiger partial charge in [-0.25, -0.2) is 9.97 Å². The van der Waals surface area contributed by atoms with E-state index in [2.05, 4.69) is 10.4 Å². The summed E-state index contributed by atoms with van der Waals surface area (Å²) in [6.45, 7) is 4.76. The van der Waals surface area contributed by atoms with Gasteiger partial charge < -0.3 is 14.8 Å². The van der Waals surface area contributed by atoms with E-state index in [0.29, 0.717) is 40.5 Å². The number of rotatable bonds is 6. The van der Waals surface area contributed by atoms with Crippen LogP contribution in [0.5, 0.6) is 5.75 Å². The van der Waals surface area contributed by atoms with Crippen molar-refractivity contribution in [3.05, 3.63) is 82.9 Å². The third kappa shape index (κ3) is 3.84. The van der Waals surface area contributed by atoms with Crippen molar-refractivity contribution in [2.45, 2.75) is 27.1 Å². The molecule has 0 unspecified atom stereocenters. The van der Waals surface area contributed by atoms with Crippen molar-refractivity contribution in [2.75, 3.05) is 12.4 Å². The van der Waals surface area contributed by atoms with Crippen molar-refractivity contribution in [1.82, 2.24) is 24.3 Å². The van der Waals surface area contributed by atoms with Crippen molar-refractivity contribution < 1.29 is 14.3 Å². The minimum atomic E-state index is -0.252. The van der Waals surface area contributed by atoms with Gasteiger partial charge in [0.25, 0.3) is 5.91 Å². The van der Waals surface area contributed by atoms with Gasteiger partial charge >= 0.3 is 0 Å². The molecule has 1 N–H and O–H groups in total. The number of methoxy groups -OCH3 is 1. The number of ether oxygens (including phenoxy) is 2. The fourth-order valence-corrected chi connectivity index (χ4v) is 4.91. The Labute approximate surface area is 213 Å². The molecule has 1 amide bonds. The van der Waals surface area contributed by atoms with Crippen molar-refractivity contribution >= 4 is 22.8 Å². The highest BCUT2D eigenvalue weighted by molar-refractivity contribution is 6.19. The Balaban J connectivity index is 1.56. The number of aryl methyl sites for hydroxylation is 2. The van der Waals surface area contributed by atoms with Crippen LogP contribution < -0.4 is 10.1 Å². The smallest absolute Gasteiger partial charge is 0.259 e. The largest absolute Gasteiger partial charge is 0.489 e. The maximum Gasteiger partial charge on any atom is 0.259 e. The lowest BCUT2D eigenvalue weighted by Gasteiger charge is -2.17. The summed E-state index contributed by atoms with van der Waals surface area (Å²) in [5.74, 6) is 1.51. The Morgan fingerprint density at radius 2 is 1.78 bits per heavy atom. The number of hydrogen-bond acceptors (Lipinski definition) is 6. The molecule has 0 aliphatic carbocycles. The summed E-state index contributed by atoms with van der Waals surface area (Å²) in [7, 11) is 3.42. The Bertz CT molecular complexity index is 1670. The molecule has 0 spiro atoms. The zero-order valence-electron chi connectivity index (χ0n) is 21.1. The van der Waals surface area contributed by atoms with E-state index in [-0.39, 0.29) is 12.5 Å². The zero-order chi connectivity index (χ0) is 25.7. The topological polar surface area (TPSA) is 96.1 Å². The number of hydrogen-bond donors (Lipinski definition) is 1. The number of fused-ring (bicyclic) bond motifs is 2. The number of nitrogens with one attached hydrogen (secondary N) is 1. The molecule has 0 radical (unpaired) electrons. The first-order valence-corrected chi connectivity index (χ1v) is 12.0. The van der Waals surface area contributed by atoms with Crippen molar-refractivity contribution in [1.29, 1.82) is 0 Å². The van der Waals surface area contributed by atoms with E-state index in [0.717, 1.165) is 33.7 Å². The molecule has 9 heteroatoms. The zero-order valence-corrected chi connectivity index (χ0v) is 21.1. The quantitative estimate of drug-likeness (QED) is 0.367. The van der Waals surface area contributed by atoms with Gasteiger partial charge in [0, 0.05) is 32.1 Å². The Kier molecular flexibility index (Phi) is 5.49.